The van der Waals surface area contributed by atoms with Gasteiger partial charge in [0, 0.05) is 12.4 Å². The summed E-state index contributed by atoms with van der Waals surface area (Å²) in [5.41, 5.74) is 0. The molecule has 0 bridgehead atoms. The van der Waals surface area contributed by atoms with Gasteiger partial charge in [0.1, 0.15) is 17.5 Å². The zero-order valence-corrected chi connectivity index (χ0v) is 13.2. The minimum atomic E-state index is -0.592. The molecule has 2 rings (SSSR count). The van der Waals surface area contributed by atoms with Crippen molar-refractivity contribution in [1.29, 1.82) is 0 Å². The molecular weight excluding hydrogens is 356 g/mol. The van der Waals surface area contributed by atoms with Gasteiger partial charge >= 0.3 is 12.0 Å². The van der Waals surface area contributed by atoms with Gasteiger partial charge in [-0.2, -0.15) is 0 Å². The highest BCUT2D eigenvalue weighted by Gasteiger charge is 2.13. The lowest BCUT2D eigenvalue weighted by molar-refractivity contribution is -0.141. The minimum Gasteiger partial charge on any atom is -0.465 e. The number of nitrogens with zero attached hydrogens (tertiary/aromatic N) is 4. The van der Waals surface area contributed by atoms with Crippen molar-refractivity contribution in [2.24, 2.45) is 0 Å². The summed E-state index contributed by atoms with van der Waals surface area (Å²) in [5.74, 6) is 0.0927. The molecule has 0 saturated carbocycles. The number of rotatable bonds is 5. The molecule has 0 aromatic carbocycles. The number of nitrogens with one attached hydrogen (secondary N) is 2. The molecule has 9 nitrogen and oxygen atoms in total. The Morgan fingerprint density at radius 3 is 2.95 bits per heavy atom. The van der Waals surface area contributed by atoms with Crippen LogP contribution in [0.5, 0.6) is 0 Å². The molecule has 0 fully saturated rings. The number of hydrogen-bond acceptors (Lipinski definition) is 6. The van der Waals surface area contributed by atoms with Gasteiger partial charge in [-0.1, -0.05) is 0 Å². The minimum absolute atomic E-state index is 0.225. The highest BCUT2D eigenvalue weighted by atomic mass is 79.9. The molecule has 0 aliphatic carbocycles. The lowest BCUT2D eigenvalue weighted by Crippen LogP contribution is -2.34. The third-order valence-corrected chi connectivity index (χ3v) is 2.79. The van der Waals surface area contributed by atoms with E-state index in [4.69, 9.17) is 4.74 Å². The van der Waals surface area contributed by atoms with E-state index in [9.17, 15) is 9.59 Å². The van der Waals surface area contributed by atoms with E-state index < -0.39 is 12.0 Å². The average Bonchev–Trinajstić information content (AvgIpc) is 3.01. The maximum absolute atomic E-state index is 11.8. The predicted octanol–water partition coefficient (Wildman–Crippen LogP) is 1.11. The molecule has 0 radical (unpaired) electrons. The van der Waals surface area contributed by atoms with Crippen molar-refractivity contribution in [3.8, 4) is 5.82 Å². The smallest absolute Gasteiger partial charge is 0.325 e. The first-order valence-electron chi connectivity index (χ1n) is 6.31. The molecule has 2 heterocycles. The van der Waals surface area contributed by atoms with Crippen molar-refractivity contribution in [2.75, 3.05) is 18.5 Å². The predicted molar refractivity (Wildman–Crippen MR) is 80.5 cm³/mol. The number of carbonyl (C=O) groups is 2. The van der Waals surface area contributed by atoms with Crippen LogP contribution in [0.15, 0.2) is 29.5 Å². The molecule has 2 aromatic heterocycles. The second kappa shape index (κ2) is 7.50. The van der Waals surface area contributed by atoms with Crippen molar-refractivity contribution in [1.82, 2.24) is 24.8 Å². The Hall–Kier alpha value is -2.49. The molecule has 116 valence electrons. The molecule has 2 N–H and O–H groups in total. The normalized spacial score (nSPS) is 10.1. The van der Waals surface area contributed by atoms with Gasteiger partial charge in [-0.05, 0) is 22.9 Å². The van der Waals surface area contributed by atoms with E-state index in [0.717, 1.165) is 0 Å². The molecule has 0 saturated heterocycles. The van der Waals surface area contributed by atoms with Crippen LogP contribution in [-0.4, -0.2) is 44.7 Å². The Labute approximate surface area is 134 Å². The number of hydrogen-bond donors (Lipinski definition) is 2. The summed E-state index contributed by atoms with van der Waals surface area (Å²) in [6, 6.07) is -0.592. The number of anilines is 1. The molecule has 0 unspecified atom stereocenters. The number of amides is 2. The number of esters is 1. The van der Waals surface area contributed by atoms with Crippen LogP contribution < -0.4 is 10.6 Å². The zero-order valence-electron chi connectivity index (χ0n) is 11.6. The Balaban J connectivity index is 2.06. The molecular formula is C12H13BrN6O3. The Bertz CT molecular complexity index is 661. The monoisotopic (exact) mass is 368 g/mol. The standard InChI is InChI=1S/C12H13BrN6O3/c1-2-22-9(20)6-16-12(21)18-10-11(17-8(13)5-15-10)19-4-3-14-7-19/h3-5,7H,2,6H2,1H3,(H2,15,16,18,21). The fraction of sp³-hybridized carbons (Fsp3) is 0.250. The summed E-state index contributed by atoms with van der Waals surface area (Å²) >= 11 is 3.22. The van der Waals surface area contributed by atoms with E-state index in [1.165, 1.54) is 12.5 Å². The van der Waals surface area contributed by atoms with Crippen molar-refractivity contribution >= 4 is 33.7 Å². The largest absolute Gasteiger partial charge is 0.465 e. The van der Waals surface area contributed by atoms with E-state index in [0.29, 0.717) is 10.4 Å². The maximum Gasteiger partial charge on any atom is 0.325 e. The first kappa shape index (κ1) is 15.9. The zero-order chi connectivity index (χ0) is 15.9. The lowest BCUT2D eigenvalue weighted by atomic mass is 10.5. The summed E-state index contributed by atoms with van der Waals surface area (Å²) in [6.45, 7) is 1.71. The van der Waals surface area contributed by atoms with Gasteiger partial charge in [-0.15, -0.1) is 0 Å². The van der Waals surface area contributed by atoms with Crippen LogP contribution in [-0.2, 0) is 9.53 Å². The van der Waals surface area contributed by atoms with Crippen molar-refractivity contribution in [3.05, 3.63) is 29.5 Å². The summed E-state index contributed by atoms with van der Waals surface area (Å²) in [4.78, 5) is 35.2. The van der Waals surface area contributed by atoms with Crippen LogP contribution in [0.2, 0.25) is 0 Å². The summed E-state index contributed by atoms with van der Waals surface area (Å²) < 4.78 is 6.82. The molecule has 10 heteroatoms. The van der Waals surface area contributed by atoms with Crippen molar-refractivity contribution < 1.29 is 14.3 Å². The van der Waals surface area contributed by atoms with Crippen LogP contribution >= 0.6 is 15.9 Å². The molecule has 2 amide bonds. The molecule has 0 spiro atoms. The number of carbonyl (C=O) groups excluding carboxylic acids is 2. The maximum atomic E-state index is 11.8. The summed E-state index contributed by atoms with van der Waals surface area (Å²) in [5, 5.41) is 4.90. The fourth-order valence-corrected chi connectivity index (χ4v) is 1.80. The van der Waals surface area contributed by atoms with E-state index in [1.54, 1.807) is 23.9 Å². The van der Waals surface area contributed by atoms with Gasteiger partial charge in [0.05, 0.1) is 12.8 Å². The molecule has 2 aromatic rings. The van der Waals surface area contributed by atoms with Gasteiger partial charge in [0.25, 0.3) is 0 Å². The van der Waals surface area contributed by atoms with Crippen LogP contribution in [0, 0.1) is 0 Å². The van der Waals surface area contributed by atoms with Crippen LogP contribution in [0.4, 0.5) is 10.6 Å². The summed E-state index contributed by atoms with van der Waals surface area (Å²) in [6.07, 6.45) is 6.21. The second-order valence-electron chi connectivity index (χ2n) is 3.95. The number of urea groups is 1. The Morgan fingerprint density at radius 1 is 1.45 bits per heavy atom. The number of ether oxygens (including phenoxy) is 1. The Morgan fingerprint density at radius 2 is 2.27 bits per heavy atom. The van der Waals surface area contributed by atoms with Gasteiger partial charge in [-0.25, -0.2) is 19.7 Å². The van der Waals surface area contributed by atoms with E-state index in [-0.39, 0.29) is 19.0 Å². The van der Waals surface area contributed by atoms with Gasteiger partial charge < -0.3 is 10.1 Å². The lowest BCUT2D eigenvalue weighted by Gasteiger charge is -2.10. The topological polar surface area (TPSA) is 111 Å². The summed E-state index contributed by atoms with van der Waals surface area (Å²) in [7, 11) is 0. The van der Waals surface area contributed by atoms with Crippen LogP contribution in [0.1, 0.15) is 6.92 Å². The second-order valence-corrected chi connectivity index (χ2v) is 4.76. The highest BCUT2D eigenvalue weighted by molar-refractivity contribution is 9.10. The molecule has 0 aliphatic rings. The first-order chi connectivity index (χ1) is 10.6. The van der Waals surface area contributed by atoms with Gasteiger partial charge in [-0.3, -0.25) is 14.7 Å². The quantitative estimate of drug-likeness (QED) is 0.764. The third-order valence-electron chi connectivity index (χ3n) is 2.40. The van der Waals surface area contributed by atoms with Crippen LogP contribution in [0.3, 0.4) is 0 Å². The first-order valence-corrected chi connectivity index (χ1v) is 7.10. The fourth-order valence-electron chi connectivity index (χ4n) is 1.53. The Kier molecular flexibility index (Phi) is 5.42. The van der Waals surface area contributed by atoms with E-state index in [1.807, 2.05) is 0 Å². The molecule has 22 heavy (non-hydrogen) atoms. The number of aromatic nitrogens is 4. The van der Waals surface area contributed by atoms with Crippen LogP contribution in [0.25, 0.3) is 5.82 Å². The highest BCUT2D eigenvalue weighted by Crippen LogP contribution is 2.17. The van der Waals surface area contributed by atoms with E-state index >= 15 is 0 Å². The molecule has 0 aliphatic heterocycles. The average molecular weight is 369 g/mol. The van der Waals surface area contributed by atoms with Crippen molar-refractivity contribution in [2.45, 2.75) is 6.92 Å². The van der Waals surface area contributed by atoms with Gasteiger partial charge in [0.15, 0.2) is 11.6 Å². The SMILES string of the molecule is CCOC(=O)CNC(=O)Nc1ncc(Br)nc1-n1ccnc1. The third kappa shape index (κ3) is 4.25. The van der Waals surface area contributed by atoms with E-state index in [2.05, 4.69) is 41.5 Å². The van der Waals surface area contributed by atoms with Crippen molar-refractivity contribution in [3.63, 3.8) is 0 Å². The molecule has 0 atom stereocenters. The number of halogens is 1. The van der Waals surface area contributed by atoms with Gasteiger partial charge in [0.2, 0.25) is 0 Å². The number of imidazole rings is 1.